The minimum Gasteiger partial charge on any atom is -0.378 e. The highest BCUT2D eigenvalue weighted by molar-refractivity contribution is 7.10. The van der Waals surface area contributed by atoms with Crippen molar-refractivity contribution in [3.63, 3.8) is 0 Å². The third-order valence-electron chi connectivity index (χ3n) is 3.39. The van der Waals surface area contributed by atoms with Gasteiger partial charge in [-0.05, 0) is 22.9 Å². The van der Waals surface area contributed by atoms with Crippen LogP contribution in [0.15, 0.2) is 35.0 Å². The van der Waals surface area contributed by atoms with Crippen molar-refractivity contribution in [2.75, 3.05) is 19.8 Å². The summed E-state index contributed by atoms with van der Waals surface area (Å²) >= 11 is 3.37. The van der Waals surface area contributed by atoms with Crippen molar-refractivity contribution >= 4 is 28.6 Å². The zero-order valence-corrected chi connectivity index (χ0v) is 13.3. The Balaban J connectivity index is 1.72. The molecule has 3 rings (SSSR count). The van der Waals surface area contributed by atoms with Crippen LogP contribution in [0.1, 0.15) is 9.75 Å². The van der Waals surface area contributed by atoms with Crippen molar-refractivity contribution in [2.24, 2.45) is 0 Å². The zero-order valence-electron chi connectivity index (χ0n) is 11.7. The van der Waals surface area contributed by atoms with Crippen LogP contribution in [0.3, 0.4) is 0 Å². The summed E-state index contributed by atoms with van der Waals surface area (Å²) in [5, 5.41) is 7.34. The topological polar surface area (TPSA) is 41.6 Å². The Kier molecular flexibility index (Phi) is 5.03. The molecule has 0 bridgehead atoms. The molecule has 1 N–H and O–H groups in total. The lowest BCUT2D eigenvalue weighted by Gasteiger charge is -2.29. The number of nitrogens with zero attached hydrogens (tertiary/aromatic N) is 1. The van der Waals surface area contributed by atoms with Gasteiger partial charge in [-0.25, -0.2) is 0 Å². The highest BCUT2D eigenvalue weighted by atomic mass is 32.1. The highest BCUT2D eigenvalue weighted by Gasteiger charge is 2.26. The van der Waals surface area contributed by atoms with Gasteiger partial charge in [-0.15, -0.1) is 22.7 Å². The van der Waals surface area contributed by atoms with E-state index in [0.717, 1.165) is 6.54 Å². The number of hydrogen-bond acceptors (Lipinski definition) is 5. The van der Waals surface area contributed by atoms with E-state index in [2.05, 4.69) is 17.4 Å². The van der Waals surface area contributed by atoms with Crippen molar-refractivity contribution in [1.29, 1.82) is 0 Å². The molecule has 1 aliphatic rings. The number of ether oxygens (including phenoxy) is 1. The summed E-state index contributed by atoms with van der Waals surface area (Å²) in [5.41, 5.74) is 0. The molecule has 2 aromatic heterocycles. The van der Waals surface area contributed by atoms with Gasteiger partial charge in [-0.3, -0.25) is 4.79 Å². The van der Waals surface area contributed by atoms with Crippen LogP contribution < -0.4 is 5.32 Å². The van der Waals surface area contributed by atoms with E-state index in [4.69, 9.17) is 4.74 Å². The van der Waals surface area contributed by atoms with E-state index in [1.807, 2.05) is 27.8 Å². The van der Waals surface area contributed by atoms with Gasteiger partial charge in [0, 0.05) is 16.3 Å². The minimum absolute atomic E-state index is 0.122. The summed E-state index contributed by atoms with van der Waals surface area (Å²) in [6.07, 6.45) is 0. The maximum absolute atomic E-state index is 12.7. The fourth-order valence-corrected chi connectivity index (χ4v) is 3.78. The first-order valence-electron chi connectivity index (χ1n) is 6.97. The number of morpholine rings is 1. The lowest BCUT2D eigenvalue weighted by molar-refractivity contribution is -0.137. The summed E-state index contributed by atoms with van der Waals surface area (Å²) in [5.74, 6) is 0.122. The molecule has 1 atom stereocenters. The summed E-state index contributed by atoms with van der Waals surface area (Å²) < 4.78 is 5.42. The molecular weight excluding hydrogens is 304 g/mol. The van der Waals surface area contributed by atoms with E-state index in [-0.39, 0.29) is 11.9 Å². The van der Waals surface area contributed by atoms with Gasteiger partial charge in [0.05, 0.1) is 26.3 Å². The second kappa shape index (κ2) is 7.17. The third-order valence-corrected chi connectivity index (χ3v) is 5.11. The molecule has 1 amide bonds. The predicted molar refractivity (Wildman–Crippen MR) is 85.5 cm³/mol. The van der Waals surface area contributed by atoms with Gasteiger partial charge in [0.15, 0.2) is 0 Å². The van der Waals surface area contributed by atoms with E-state index in [9.17, 15) is 4.79 Å². The SMILES string of the molecule is O=C(C1COCCN1)N(Cc1cccs1)Cc1cccs1. The summed E-state index contributed by atoms with van der Waals surface area (Å²) in [4.78, 5) is 17.1. The second-order valence-corrected chi connectivity index (χ2v) is 7.00. The molecule has 1 unspecified atom stereocenters. The lowest BCUT2D eigenvalue weighted by Crippen LogP contribution is -2.52. The number of thiophene rings is 2. The zero-order chi connectivity index (χ0) is 14.5. The van der Waals surface area contributed by atoms with Crippen molar-refractivity contribution in [3.05, 3.63) is 44.8 Å². The Bertz CT molecular complexity index is 512. The maximum atomic E-state index is 12.7. The van der Waals surface area contributed by atoms with Crippen LogP contribution in [0.25, 0.3) is 0 Å². The van der Waals surface area contributed by atoms with Gasteiger partial charge in [-0.1, -0.05) is 12.1 Å². The predicted octanol–water partition coefficient (Wildman–Crippen LogP) is 2.33. The fraction of sp³-hybridized carbons (Fsp3) is 0.400. The molecular formula is C15H18N2O2S2. The molecule has 1 saturated heterocycles. The van der Waals surface area contributed by atoms with Crippen LogP contribution >= 0.6 is 22.7 Å². The number of amides is 1. The van der Waals surface area contributed by atoms with Crippen LogP contribution in [-0.2, 0) is 22.6 Å². The molecule has 6 heteroatoms. The highest BCUT2D eigenvalue weighted by Crippen LogP contribution is 2.18. The molecule has 1 aliphatic heterocycles. The molecule has 0 spiro atoms. The monoisotopic (exact) mass is 322 g/mol. The Labute approximate surface area is 132 Å². The first-order valence-corrected chi connectivity index (χ1v) is 8.73. The fourth-order valence-electron chi connectivity index (χ4n) is 2.34. The van der Waals surface area contributed by atoms with Crippen molar-refractivity contribution in [1.82, 2.24) is 10.2 Å². The molecule has 0 saturated carbocycles. The molecule has 0 radical (unpaired) electrons. The van der Waals surface area contributed by atoms with Gasteiger partial charge in [0.1, 0.15) is 6.04 Å². The first kappa shape index (κ1) is 14.7. The quantitative estimate of drug-likeness (QED) is 0.918. The van der Waals surface area contributed by atoms with E-state index < -0.39 is 0 Å². The maximum Gasteiger partial charge on any atom is 0.242 e. The summed E-state index contributed by atoms with van der Waals surface area (Å²) in [6.45, 7) is 3.20. The minimum atomic E-state index is -0.223. The molecule has 112 valence electrons. The van der Waals surface area contributed by atoms with Gasteiger partial charge < -0.3 is 15.0 Å². The average molecular weight is 322 g/mol. The average Bonchev–Trinajstić information content (AvgIpc) is 3.20. The van der Waals surface area contributed by atoms with Gasteiger partial charge in [0.25, 0.3) is 0 Å². The molecule has 1 fully saturated rings. The number of nitrogens with one attached hydrogen (secondary N) is 1. The number of carbonyl (C=O) groups is 1. The van der Waals surface area contributed by atoms with Crippen LogP contribution in [0.5, 0.6) is 0 Å². The van der Waals surface area contributed by atoms with Gasteiger partial charge in [-0.2, -0.15) is 0 Å². The van der Waals surface area contributed by atoms with Crippen molar-refractivity contribution in [3.8, 4) is 0 Å². The van der Waals surface area contributed by atoms with Crippen LogP contribution in [0.2, 0.25) is 0 Å². The molecule has 0 aromatic carbocycles. The van der Waals surface area contributed by atoms with Crippen LogP contribution in [0.4, 0.5) is 0 Å². The third kappa shape index (κ3) is 3.91. The lowest BCUT2D eigenvalue weighted by atomic mass is 10.2. The smallest absolute Gasteiger partial charge is 0.242 e. The Hall–Kier alpha value is -1.21. The van der Waals surface area contributed by atoms with Crippen LogP contribution in [-0.4, -0.2) is 36.6 Å². The van der Waals surface area contributed by atoms with E-state index >= 15 is 0 Å². The second-order valence-electron chi connectivity index (χ2n) is 4.93. The Morgan fingerprint density at radius 3 is 2.38 bits per heavy atom. The largest absolute Gasteiger partial charge is 0.378 e. The van der Waals surface area contributed by atoms with Gasteiger partial charge >= 0.3 is 0 Å². The standard InChI is InChI=1S/C15H18N2O2S2/c18-15(14-11-19-6-5-16-14)17(9-12-3-1-7-20-12)10-13-4-2-8-21-13/h1-4,7-8,14,16H,5-6,9-11H2. The number of hydrogen-bond donors (Lipinski definition) is 1. The summed E-state index contributed by atoms with van der Waals surface area (Å²) in [7, 11) is 0. The van der Waals surface area contributed by atoms with E-state index in [0.29, 0.717) is 26.3 Å². The Morgan fingerprint density at radius 2 is 1.90 bits per heavy atom. The molecule has 21 heavy (non-hydrogen) atoms. The normalized spacial score (nSPS) is 18.6. The molecule has 4 nitrogen and oxygen atoms in total. The number of rotatable bonds is 5. The summed E-state index contributed by atoms with van der Waals surface area (Å²) in [6, 6.07) is 7.97. The van der Waals surface area contributed by atoms with Gasteiger partial charge in [0.2, 0.25) is 5.91 Å². The van der Waals surface area contributed by atoms with Crippen molar-refractivity contribution in [2.45, 2.75) is 19.1 Å². The van der Waals surface area contributed by atoms with Crippen molar-refractivity contribution < 1.29 is 9.53 Å². The van der Waals surface area contributed by atoms with E-state index in [1.54, 1.807) is 22.7 Å². The Morgan fingerprint density at radius 1 is 1.24 bits per heavy atom. The van der Waals surface area contributed by atoms with Crippen LogP contribution in [0, 0.1) is 0 Å². The van der Waals surface area contributed by atoms with E-state index in [1.165, 1.54) is 9.75 Å². The first-order chi connectivity index (χ1) is 10.3. The molecule has 2 aromatic rings. The molecule has 3 heterocycles. The molecule has 0 aliphatic carbocycles. The number of carbonyl (C=O) groups excluding carboxylic acids is 1.